The van der Waals surface area contributed by atoms with Crippen molar-refractivity contribution < 1.29 is 67.1 Å². The first kappa shape index (κ1) is 26.7. The van der Waals surface area contributed by atoms with E-state index in [0.29, 0.717) is 24.3 Å². The molecule has 0 bridgehead atoms. The topological polar surface area (TPSA) is 63.4 Å². The third kappa shape index (κ3) is 4.10. The Morgan fingerprint density at radius 1 is 0.742 bits per heavy atom. The van der Waals surface area contributed by atoms with Gasteiger partial charge in [0.2, 0.25) is 0 Å². The predicted molar refractivity (Wildman–Crippen MR) is 73.6 cm³/mol. The fourth-order valence-corrected chi connectivity index (χ4v) is 2.10. The fourth-order valence-electron chi connectivity index (χ4n) is 2.10. The van der Waals surface area contributed by atoms with Gasteiger partial charge in [-0.1, -0.05) is 12.1 Å². The minimum absolute atomic E-state index is 0.570. The van der Waals surface area contributed by atoms with Gasteiger partial charge in [-0.3, -0.25) is 10.1 Å². The molecule has 1 N–H and O–H groups in total. The Balaban J connectivity index is 3.33. The van der Waals surface area contributed by atoms with Crippen molar-refractivity contribution in [2.75, 3.05) is 0 Å². The van der Waals surface area contributed by atoms with Crippen molar-refractivity contribution in [1.82, 2.24) is 0 Å². The first-order valence-corrected chi connectivity index (χ1v) is 7.43. The molecule has 1 aromatic carbocycles. The first-order chi connectivity index (χ1) is 13.6. The summed E-state index contributed by atoms with van der Waals surface area (Å²) in [5.41, 5.74) is -1.33. The van der Waals surface area contributed by atoms with Crippen LogP contribution in [0, 0.1) is 10.1 Å². The van der Waals surface area contributed by atoms with Gasteiger partial charge in [-0.05, 0) is 5.56 Å². The lowest BCUT2D eigenvalue weighted by atomic mass is 9.89. The van der Waals surface area contributed by atoms with Crippen molar-refractivity contribution in [2.24, 2.45) is 0 Å². The van der Waals surface area contributed by atoms with E-state index in [9.17, 15) is 72.3 Å². The maximum absolute atomic E-state index is 13.8. The summed E-state index contributed by atoms with van der Waals surface area (Å²) in [6, 6.07) is 2.32. The zero-order valence-electron chi connectivity index (χ0n) is 14.2. The van der Waals surface area contributed by atoms with Crippen LogP contribution < -0.4 is 0 Å². The van der Waals surface area contributed by atoms with Gasteiger partial charge in [-0.25, -0.2) is 0 Å². The molecule has 0 aliphatic heterocycles. The molecule has 0 fully saturated rings. The molecule has 0 heterocycles. The van der Waals surface area contributed by atoms with Gasteiger partial charge >= 0.3 is 35.8 Å². The number of hydrogen-bond donors (Lipinski definition) is 1. The Bertz CT molecular complexity index is 805. The highest BCUT2D eigenvalue weighted by Gasteiger charge is 2.91. The van der Waals surface area contributed by atoms with Crippen LogP contribution in [0.25, 0.3) is 0 Å². The van der Waals surface area contributed by atoms with Gasteiger partial charge in [0.25, 0.3) is 5.69 Å². The number of nitrogens with zero attached hydrogens (tertiary/aromatic N) is 1. The van der Waals surface area contributed by atoms with Crippen molar-refractivity contribution in [2.45, 2.75) is 48.3 Å². The molecule has 0 radical (unpaired) electrons. The molecule has 178 valence electrons. The lowest BCUT2D eigenvalue weighted by Gasteiger charge is -2.40. The number of hydrogen-bond acceptors (Lipinski definition) is 3. The molecule has 17 heteroatoms. The average Bonchev–Trinajstić information content (AvgIpc) is 2.60. The first-order valence-electron chi connectivity index (χ1n) is 7.43. The minimum Gasteiger partial charge on any atom is -0.386 e. The van der Waals surface area contributed by atoms with Gasteiger partial charge < -0.3 is 5.11 Å². The van der Waals surface area contributed by atoms with Crippen LogP contribution in [-0.4, -0.2) is 51.9 Å². The van der Waals surface area contributed by atoms with Gasteiger partial charge in [-0.15, -0.1) is 0 Å². The largest absolute Gasteiger partial charge is 0.460 e. The summed E-state index contributed by atoms with van der Waals surface area (Å²) in [4.78, 5) is 9.41. The molecule has 0 amide bonds. The van der Waals surface area contributed by atoms with E-state index in [1.807, 2.05) is 0 Å². The van der Waals surface area contributed by atoms with Crippen LogP contribution in [0.1, 0.15) is 5.56 Å². The third-order valence-corrected chi connectivity index (χ3v) is 3.95. The molecular weight excluding hydrogens is 477 g/mol. The van der Waals surface area contributed by atoms with Gasteiger partial charge in [0.1, 0.15) is 6.10 Å². The van der Waals surface area contributed by atoms with Crippen LogP contribution in [0.2, 0.25) is 0 Å². The molecule has 1 atom stereocenters. The number of aliphatic hydroxyl groups excluding tert-OH is 1. The molecule has 0 aromatic heterocycles. The fraction of sp³-hybridized carbons (Fsp3) is 0.571. The third-order valence-electron chi connectivity index (χ3n) is 3.95. The molecule has 1 unspecified atom stereocenters. The molecule has 0 aliphatic rings. The van der Waals surface area contributed by atoms with E-state index >= 15 is 0 Å². The summed E-state index contributed by atoms with van der Waals surface area (Å²) < 4.78 is 169. The zero-order chi connectivity index (χ0) is 24.8. The summed E-state index contributed by atoms with van der Waals surface area (Å²) in [5, 5.41) is 19.6. The van der Waals surface area contributed by atoms with Crippen molar-refractivity contribution >= 4 is 5.69 Å². The van der Waals surface area contributed by atoms with E-state index < -0.39 is 64.5 Å². The monoisotopic (exact) mass is 485 g/mol. The lowest BCUT2D eigenvalue weighted by Crippen LogP contribution is -2.71. The Labute approximate surface area is 162 Å². The van der Waals surface area contributed by atoms with E-state index in [1.54, 1.807) is 0 Å². The van der Waals surface area contributed by atoms with Gasteiger partial charge in [0.05, 0.1) is 4.92 Å². The summed E-state index contributed by atoms with van der Waals surface area (Å²) in [6.45, 7) is 0. The minimum atomic E-state index is -8.06. The molecule has 0 saturated heterocycles. The molecule has 0 aliphatic carbocycles. The average molecular weight is 485 g/mol. The maximum atomic E-state index is 13.8. The highest BCUT2D eigenvalue weighted by atomic mass is 19.4. The summed E-state index contributed by atoms with van der Waals surface area (Å²) >= 11 is 0. The SMILES string of the molecule is O=[N+]([O-])c1ccc(CC(O)C(F)(F)C(F)(F)C(F)(F)C(F)(F)C(F)(F)C(F)(F)F)cc1. The van der Waals surface area contributed by atoms with E-state index in [1.165, 1.54) is 0 Å². The van der Waals surface area contributed by atoms with Crippen LogP contribution in [0.5, 0.6) is 0 Å². The van der Waals surface area contributed by atoms with E-state index in [2.05, 4.69) is 0 Å². The van der Waals surface area contributed by atoms with Crippen molar-refractivity contribution in [1.29, 1.82) is 0 Å². The quantitative estimate of drug-likeness (QED) is 0.312. The number of nitro groups is 1. The highest BCUT2D eigenvalue weighted by molar-refractivity contribution is 5.33. The second-order valence-corrected chi connectivity index (χ2v) is 6.06. The molecule has 0 saturated carbocycles. The number of nitro benzene ring substituents is 1. The molecule has 31 heavy (non-hydrogen) atoms. The highest BCUT2D eigenvalue weighted by Crippen LogP contribution is 2.60. The Hall–Kier alpha value is -2.33. The molecule has 4 nitrogen and oxygen atoms in total. The molecule has 1 aromatic rings. The van der Waals surface area contributed by atoms with Crippen molar-refractivity contribution in [3.8, 4) is 0 Å². The maximum Gasteiger partial charge on any atom is 0.460 e. The molecule has 1 rings (SSSR count). The van der Waals surface area contributed by atoms with Crippen LogP contribution >= 0.6 is 0 Å². The summed E-state index contributed by atoms with van der Waals surface area (Å²) in [5.74, 6) is -38.2. The zero-order valence-corrected chi connectivity index (χ0v) is 14.2. The smallest absolute Gasteiger partial charge is 0.386 e. The van der Waals surface area contributed by atoms with Crippen LogP contribution in [-0.2, 0) is 6.42 Å². The van der Waals surface area contributed by atoms with E-state index in [4.69, 9.17) is 0 Å². The second kappa shape index (κ2) is 7.67. The van der Waals surface area contributed by atoms with Crippen LogP contribution in [0.4, 0.5) is 62.8 Å². The Kier molecular flexibility index (Phi) is 6.60. The van der Waals surface area contributed by atoms with Gasteiger partial charge in [0, 0.05) is 18.6 Å². The molecule has 0 spiro atoms. The van der Waals surface area contributed by atoms with Crippen LogP contribution in [0.3, 0.4) is 0 Å². The number of rotatable bonds is 8. The van der Waals surface area contributed by atoms with Crippen molar-refractivity contribution in [3.05, 3.63) is 39.9 Å². The predicted octanol–water partition coefficient (Wildman–Crippen LogP) is 5.24. The normalized spacial score (nSPS) is 15.7. The van der Waals surface area contributed by atoms with E-state index in [-0.39, 0.29) is 0 Å². The number of benzene rings is 1. The summed E-state index contributed by atoms with van der Waals surface area (Å²) in [7, 11) is 0. The van der Waals surface area contributed by atoms with Crippen molar-refractivity contribution in [3.63, 3.8) is 0 Å². The van der Waals surface area contributed by atoms with Gasteiger partial charge in [0.15, 0.2) is 0 Å². The van der Waals surface area contributed by atoms with Crippen LogP contribution in [0.15, 0.2) is 24.3 Å². The Morgan fingerprint density at radius 3 is 1.48 bits per heavy atom. The Morgan fingerprint density at radius 2 is 1.13 bits per heavy atom. The number of alkyl halides is 13. The molecular formula is C14H8F13NO3. The number of halogens is 13. The number of aliphatic hydroxyl groups is 1. The standard InChI is InChI=1S/C14H8F13NO3/c15-9(16,8(29)5-6-1-3-7(4-2-6)28(30)31)10(17,18)11(19,20)12(21,22)13(23,24)14(25,26)27/h1-4,8,29H,5H2. The lowest BCUT2D eigenvalue weighted by molar-refractivity contribution is -0.444. The van der Waals surface area contributed by atoms with Gasteiger partial charge in [-0.2, -0.15) is 57.1 Å². The summed E-state index contributed by atoms with van der Waals surface area (Å²) in [6.07, 6.45) is -13.3. The number of non-ortho nitro benzene ring substituents is 1. The van der Waals surface area contributed by atoms with E-state index in [0.717, 1.165) is 0 Å². The second-order valence-electron chi connectivity index (χ2n) is 6.06.